The monoisotopic (exact) mass is 387 g/mol. The maximum atomic E-state index is 10.2. The Hall–Kier alpha value is -1.57. The number of rotatable bonds is 17. The van der Waals surface area contributed by atoms with E-state index in [9.17, 15) is 9.90 Å². The third kappa shape index (κ3) is 20.7. The van der Waals surface area contributed by atoms with Gasteiger partial charge < -0.3 is 9.90 Å². The van der Waals surface area contributed by atoms with Crippen LogP contribution in [0.25, 0.3) is 6.08 Å². The van der Waals surface area contributed by atoms with Gasteiger partial charge >= 0.3 is 0 Å². The summed E-state index contributed by atoms with van der Waals surface area (Å²) in [5, 5.41) is 10.2. The lowest BCUT2D eigenvalue weighted by Crippen LogP contribution is -2.21. The molecule has 0 spiro atoms. The highest BCUT2D eigenvalue weighted by atomic mass is 16.4. The van der Waals surface area contributed by atoms with Gasteiger partial charge in [-0.3, -0.25) is 0 Å². The molecular formula is C26H43O2-. The Labute approximate surface area is 174 Å². The molecule has 0 radical (unpaired) electrons. The van der Waals surface area contributed by atoms with E-state index in [1.165, 1.54) is 89.0 Å². The van der Waals surface area contributed by atoms with Crippen LogP contribution in [-0.2, 0) is 4.79 Å². The normalized spacial score (nSPS) is 10.2. The molecule has 28 heavy (non-hydrogen) atoms. The Kier molecular flexibility index (Phi) is 20.5. The SMILES string of the molecule is C=Cc1ccccc1.CCCCCCCCCCCCCCCCCC(=O)[O-]. The molecule has 0 N–H and O–H groups in total. The summed E-state index contributed by atoms with van der Waals surface area (Å²) in [7, 11) is 0. The van der Waals surface area contributed by atoms with Crippen LogP contribution in [0.5, 0.6) is 0 Å². The predicted octanol–water partition coefficient (Wildman–Crippen LogP) is 7.33. The fourth-order valence-electron chi connectivity index (χ4n) is 3.23. The van der Waals surface area contributed by atoms with Crippen molar-refractivity contribution >= 4 is 12.0 Å². The maximum absolute atomic E-state index is 10.2. The summed E-state index contributed by atoms with van der Waals surface area (Å²) in [6.07, 6.45) is 21.7. The highest BCUT2D eigenvalue weighted by molar-refractivity contribution is 5.64. The Morgan fingerprint density at radius 1 is 0.750 bits per heavy atom. The molecule has 2 heteroatoms. The van der Waals surface area contributed by atoms with Gasteiger partial charge in [-0.15, -0.1) is 0 Å². The molecule has 160 valence electrons. The van der Waals surface area contributed by atoms with Crippen LogP contribution in [0.3, 0.4) is 0 Å². The van der Waals surface area contributed by atoms with Crippen molar-refractivity contribution in [1.29, 1.82) is 0 Å². The zero-order chi connectivity index (χ0) is 20.7. The van der Waals surface area contributed by atoms with E-state index >= 15 is 0 Å². The predicted molar refractivity (Wildman–Crippen MR) is 121 cm³/mol. The van der Waals surface area contributed by atoms with Crippen LogP contribution in [0.4, 0.5) is 0 Å². The number of aliphatic carboxylic acids is 1. The molecule has 1 aromatic rings. The zero-order valence-corrected chi connectivity index (χ0v) is 18.3. The molecule has 0 bridgehead atoms. The van der Waals surface area contributed by atoms with Gasteiger partial charge in [-0.25, -0.2) is 0 Å². The highest BCUT2D eigenvalue weighted by Crippen LogP contribution is 2.13. The second-order valence-electron chi connectivity index (χ2n) is 7.69. The third-order valence-electron chi connectivity index (χ3n) is 5.02. The number of hydrogen-bond donors (Lipinski definition) is 0. The van der Waals surface area contributed by atoms with E-state index in [0.29, 0.717) is 0 Å². The zero-order valence-electron chi connectivity index (χ0n) is 18.3. The van der Waals surface area contributed by atoms with Gasteiger partial charge in [0.2, 0.25) is 0 Å². The van der Waals surface area contributed by atoms with Crippen molar-refractivity contribution in [2.45, 2.75) is 110 Å². The third-order valence-corrected chi connectivity index (χ3v) is 5.02. The van der Waals surface area contributed by atoms with Gasteiger partial charge in [-0.05, 0) is 18.4 Å². The summed E-state index contributed by atoms with van der Waals surface area (Å²) in [6, 6.07) is 10.0. The molecule has 0 atom stereocenters. The van der Waals surface area contributed by atoms with E-state index in [0.717, 1.165) is 12.8 Å². The fourth-order valence-corrected chi connectivity index (χ4v) is 3.23. The van der Waals surface area contributed by atoms with Crippen molar-refractivity contribution in [3.63, 3.8) is 0 Å². The number of unbranched alkanes of at least 4 members (excludes halogenated alkanes) is 14. The van der Waals surface area contributed by atoms with Gasteiger partial charge in [0.15, 0.2) is 0 Å². The van der Waals surface area contributed by atoms with Crippen LogP contribution in [0, 0.1) is 0 Å². The summed E-state index contributed by atoms with van der Waals surface area (Å²) in [4.78, 5) is 10.2. The van der Waals surface area contributed by atoms with Gasteiger partial charge in [0, 0.05) is 5.97 Å². The van der Waals surface area contributed by atoms with Crippen molar-refractivity contribution in [2.24, 2.45) is 0 Å². The topological polar surface area (TPSA) is 40.1 Å². The number of carbonyl (C=O) groups excluding carboxylic acids is 1. The molecule has 0 saturated heterocycles. The van der Waals surface area contributed by atoms with E-state index in [-0.39, 0.29) is 6.42 Å². The van der Waals surface area contributed by atoms with Crippen molar-refractivity contribution in [3.8, 4) is 0 Å². The Morgan fingerprint density at radius 2 is 1.14 bits per heavy atom. The summed E-state index contributed by atoms with van der Waals surface area (Å²) >= 11 is 0. The minimum absolute atomic E-state index is 0.234. The van der Waals surface area contributed by atoms with Gasteiger partial charge in [0.05, 0.1) is 0 Å². The summed E-state index contributed by atoms with van der Waals surface area (Å²) in [5.74, 6) is -0.903. The molecule has 0 aliphatic heterocycles. The molecule has 0 heterocycles. The number of carboxylic acid groups (broad SMARTS) is 1. The van der Waals surface area contributed by atoms with Crippen LogP contribution in [-0.4, -0.2) is 5.97 Å². The van der Waals surface area contributed by atoms with Crippen molar-refractivity contribution in [2.75, 3.05) is 0 Å². The van der Waals surface area contributed by atoms with E-state index in [2.05, 4.69) is 13.5 Å². The standard InChI is InChI=1S/C18H36O2.C8H8/c1-2-3-4-5-6-7-8-9-10-11-12-13-14-15-16-17-18(19)20;1-2-8-6-4-3-5-7-8/h2-17H2,1H3,(H,19,20);2-7H,1H2/p-1. The quantitative estimate of drug-likeness (QED) is 0.263. The molecular weight excluding hydrogens is 344 g/mol. The first-order valence-corrected chi connectivity index (χ1v) is 11.6. The van der Waals surface area contributed by atoms with Crippen LogP contribution in [0.2, 0.25) is 0 Å². The van der Waals surface area contributed by atoms with E-state index in [4.69, 9.17) is 0 Å². The molecule has 1 rings (SSSR count). The lowest BCUT2D eigenvalue weighted by molar-refractivity contribution is -0.305. The fraction of sp³-hybridized carbons (Fsp3) is 0.654. The number of benzene rings is 1. The summed E-state index contributed by atoms with van der Waals surface area (Å²) in [5.41, 5.74) is 1.17. The molecule has 0 saturated carbocycles. The Morgan fingerprint density at radius 3 is 1.46 bits per heavy atom. The van der Waals surface area contributed by atoms with Crippen LogP contribution >= 0.6 is 0 Å². The van der Waals surface area contributed by atoms with Crippen LogP contribution in [0.15, 0.2) is 36.9 Å². The highest BCUT2D eigenvalue weighted by Gasteiger charge is 1.94. The van der Waals surface area contributed by atoms with E-state index in [1.807, 2.05) is 36.4 Å². The van der Waals surface area contributed by atoms with Crippen molar-refractivity contribution in [1.82, 2.24) is 0 Å². The molecule has 0 unspecified atom stereocenters. The minimum atomic E-state index is -0.903. The second-order valence-corrected chi connectivity index (χ2v) is 7.69. The van der Waals surface area contributed by atoms with E-state index < -0.39 is 5.97 Å². The largest absolute Gasteiger partial charge is 0.550 e. The molecule has 0 amide bonds. The first-order chi connectivity index (χ1) is 13.7. The second kappa shape index (κ2) is 21.7. The summed E-state index contributed by atoms with van der Waals surface area (Å²) in [6.45, 7) is 5.90. The van der Waals surface area contributed by atoms with E-state index in [1.54, 1.807) is 0 Å². The molecule has 1 aromatic carbocycles. The molecule has 0 aliphatic rings. The van der Waals surface area contributed by atoms with Gasteiger partial charge in [0.25, 0.3) is 0 Å². The molecule has 0 aromatic heterocycles. The number of hydrogen-bond acceptors (Lipinski definition) is 2. The number of carboxylic acids is 1. The average molecular weight is 388 g/mol. The van der Waals surface area contributed by atoms with Crippen molar-refractivity contribution in [3.05, 3.63) is 42.5 Å². The summed E-state index contributed by atoms with van der Waals surface area (Å²) < 4.78 is 0. The molecule has 0 aliphatic carbocycles. The first-order valence-electron chi connectivity index (χ1n) is 11.6. The first kappa shape index (κ1) is 26.4. The van der Waals surface area contributed by atoms with Gasteiger partial charge in [-0.2, -0.15) is 0 Å². The Bertz CT molecular complexity index is 453. The molecule has 0 fully saturated rings. The Balaban J connectivity index is 0.000000749. The van der Waals surface area contributed by atoms with Crippen molar-refractivity contribution < 1.29 is 9.90 Å². The smallest absolute Gasteiger partial charge is 0.0414 e. The maximum Gasteiger partial charge on any atom is 0.0414 e. The average Bonchev–Trinajstić information content (AvgIpc) is 2.72. The van der Waals surface area contributed by atoms with Gasteiger partial charge in [0.1, 0.15) is 0 Å². The molecule has 2 nitrogen and oxygen atoms in total. The van der Waals surface area contributed by atoms with Crippen LogP contribution in [0.1, 0.15) is 115 Å². The van der Waals surface area contributed by atoms with Gasteiger partial charge in [-0.1, -0.05) is 140 Å². The lowest BCUT2D eigenvalue weighted by atomic mass is 10.0. The van der Waals surface area contributed by atoms with Crippen LogP contribution < -0.4 is 5.11 Å². The number of carbonyl (C=O) groups is 1. The lowest BCUT2D eigenvalue weighted by Gasteiger charge is -2.04. The minimum Gasteiger partial charge on any atom is -0.550 e.